The van der Waals surface area contributed by atoms with Gasteiger partial charge in [0.1, 0.15) is 0 Å². The van der Waals surface area contributed by atoms with Crippen LogP contribution >= 0.6 is 0 Å². The van der Waals surface area contributed by atoms with Gasteiger partial charge in [-0.15, -0.1) is 0 Å². The quantitative estimate of drug-likeness (QED) is 0.811. The molecule has 2 aliphatic carbocycles. The first-order chi connectivity index (χ1) is 8.33. The molecule has 3 fully saturated rings. The molecule has 0 aromatic heterocycles. The van der Waals surface area contributed by atoms with E-state index in [0.29, 0.717) is 5.60 Å². The van der Waals surface area contributed by atoms with Gasteiger partial charge < -0.3 is 10.1 Å². The second-order valence-corrected chi connectivity index (χ2v) is 6.41. The van der Waals surface area contributed by atoms with E-state index < -0.39 is 0 Å². The molecule has 3 aliphatic rings. The van der Waals surface area contributed by atoms with Gasteiger partial charge in [0.25, 0.3) is 0 Å². The summed E-state index contributed by atoms with van der Waals surface area (Å²) in [5, 5.41) is 3.77. The Morgan fingerprint density at radius 1 is 1.18 bits per heavy atom. The fourth-order valence-electron chi connectivity index (χ4n) is 4.15. The van der Waals surface area contributed by atoms with Crippen molar-refractivity contribution in [2.75, 3.05) is 13.2 Å². The molecule has 17 heavy (non-hydrogen) atoms. The van der Waals surface area contributed by atoms with E-state index in [1.165, 1.54) is 51.4 Å². The zero-order valence-corrected chi connectivity index (χ0v) is 11.2. The summed E-state index contributed by atoms with van der Waals surface area (Å²) >= 11 is 0. The monoisotopic (exact) mass is 237 g/mol. The molecule has 1 aliphatic heterocycles. The van der Waals surface area contributed by atoms with Gasteiger partial charge >= 0.3 is 0 Å². The van der Waals surface area contributed by atoms with Crippen LogP contribution < -0.4 is 5.32 Å². The maximum Gasteiger partial charge on any atom is 0.0685 e. The van der Waals surface area contributed by atoms with Crippen LogP contribution in [0.15, 0.2) is 0 Å². The van der Waals surface area contributed by atoms with Crippen molar-refractivity contribution in [3.05, 3.63) is 0 Å². The molecule has 0 aromatic rings. The minimum Gasteiger partial charge on any atom is -0.375 e. The summed E-state index contributed by atoms with van der Waals surface area (Å²) in [6.07, 6.45) is 11.0. The number of hydrogen-bond acceptors (Lipinski definition) is 2. The fourth-order valence-corrected chi connectivity index (χ4v) is 4.15. The summed E-state index contributed by atoms with van der Waals surface area (Å²) in [7, 11) is 0. The third-order valence-corrected chi connectivity index (χ3v) is 5.12. The van der Waals surface area contributed by atoms with Gasteiger partial charge in [-0.3, -0.25) is 0 Å². The number of rotatable bonds is 4. The van der Waals surface area contributed by atoms with Crippen molar-refractivity contribution in [3.63, 3.8) is 0 Å². The average molecular weight is 237 g/mol. The minimum absolute atomic E-state index is 0.297. The predicted octanol–water partition coefficient (Wildman–Crippen LogP) is 3.11. The molecule has 0 aromatic carbocycles. The fraction of sp³-hybridized carbons (Fsp3) is 1.00. The maximum atomic E-state index is 6.16. The molecule has 2 unspecified atom stereocenters. The summed E-state index contributed by atoms with van der Waals surface area (Å²) in [5.41, 5.74) is 0.297. The lowest BCUT2D eigenvalue weighted by Gasteiger charge is -2.41. The summed E-state index contributed by atoms with van der Waals surface area (Å²) in [6, 6.07) is 0.793. The Kier molecular flexibility index (Phi) is 3.45. The van der Waals surface area contributed by atoms with E-state index in [1.807, 2.05) is 0 Å². The molecular formula is C15H27NO. The van der Waals surface area contributed by atoms with Gasteiger partial charge in [0.2, 0.25) is 0 Å². The molecule has 1 heterocycles. The SMILES string of the molecule is CCNC(C1CC1)C1CCOC2(CCCC2)C1. The molecular weight excluding hydrogens is 210 g/mol. The molecule has 3 rings (SSSR count). The third kappa shape index (κ3) is 2.53. The van der Waals surface area contributed by atoms with Crippen molar-refractivity contribution in [3.8, 4) is 0 Å². The first kappa shape index (κ1) is 12.0. The van der Waals surface area contributed by atoms with Crippen LogP contribution in [-0.2, 0) is 4.74 Å². The standard InChI is InChI=1S/C15H27NO/c1-2-16-14(12-5-6-12)13-7-10-17-15(11-13)8-3-4-9-15/h12-14,16H,2-11H2,1H3. The van der Waals surface area contributed by atoms with E-state index in [0.717, 1.165) is 31.0 Å². The molecule has 1 N–H and O–H groups in total. The summed E-state index contributed by atoms with van der Waals surface area (Å²) in [4.78, 5) is 0. The highest BCUT2D eigenvalue weighted by atomic mass is 16.5. The van der Waals surface area contributed by atoms with Gasteiger partial charge in [-0.05, 0) is 56.9 Å². The van der Waals surface area contributed by atoms with E-state index in [2.05, 4.69) is 12.2 Å². The molecule has 98 valence electrons. The zero-order chi connectivity index (χ0) is 11.7. The Hall–Kier alpha value is -0.0800. The van der Waals surface area contributed by atoms with Crippen LogP contribution in [0.4, 0.5) is 0 Å². The van der Waals surface area contributed by atoms with Crippen molar-refractivity contribution < 1.29 is 4.74 Å². The second kappa shape index (κ2) is 4.89. The topological polar surface area (TPSA) is 21.3 Å². The second-order valence-electron chi connectivity index (χ2n) is 6.41. The maximum absolute atomic E-state index is 6.16. The molecule has 0 amide bonds. The Morgan fingerprint density at radius 3 is 2.59 bits per heavy atom. The van der Waals surface area contributed by atoms with E-state index in [4.69, 9.17) is 4.74 Å². The Morgan fingerprint density at radius 2 is 1.94 bits per heavy atom. The molecule has 1 spiro atoms. The first-order valence-electron chi connectivity index (χ1n) is 7.70. The third-order valence-electron chi connectivity index (χ3n) is 5.12. The van der Waals surface area contributed by atoms with Crippen LogP contribution in [0.25, 0.3) is 0 Å². The van der Waals surface area contributed by atoms with Crippen LogP contribution in [0.2, 0.25) is 0 Å². The molecule has 1 saturated heterocycles. The van der Waals surface area contributed by atoms with Crippen LogP contribution in [0.5, 0.6) is 0 Å². The summed E-state index contributed by atoms with van der Waals surface area (Å²) < 4.78 is 6.16. The Bertz CT molecular complexity index is 256. The smallest absolute Gasteiger partial charge is 0.0685 e. The normalized spacial score (nSPS) is 34.1. The Balaban J connectivity index is 1.65. The molecule has 0 radical (unpaired) electrons. The van der Waals surface area contributed by atoms with Crippen molar-refractivity contribution in [1.82, 2.24) is 5.32 Å². The van der Waals surface area contributed by atoms with Crippen LogP contribution in [0.3, 0.4) is 0 Å². The lowest BCUT2D eigenvalue weighted by molar-refractivity contribution is -0.0989. The number of nitrogens with one attached hydrogen (secondary N) is 1. The summed E-state index contributed by atoms with van der Waals surface area (Å²) in [6.45, 7) is 4.39. The van der Waals surface area contributed by atoms with Gasteiger partial charge in [-0.1, -0.05) is 19.8 Å². The van der Waals surface area contributed by atoms with Crippen LogP contribution in [-0.4, -0.2) is 24.8 Å². The van der Waals surface area contributed by atoms with E-state index in [1.54, 1.807) is 0 Å². The van der Waals surface area contributed by atoms with Crippen molar-refractivity contribution >= 4 is 0 Å². The van der Waals surface area contributed by atoms with Crippen LogP contribution in [0.1, 0.15) is 58.3 Å². The molecule has 2 atom stereocenters. The number of ether oxygens (including phenoxy) is 1. The van der Waals surface area contributed by atoms with Crippen molar-refractivity contribution in [1.29, 1.82) is 0 Å². The lowest BCUT2D eigenvalue weighted by atomic mass is 9.79. The first-order valence-corrected chi connectivity index (χ1v) is 7.70. The highest BCUT2D eigenvalue weighted by molar-refractivity contribution is 4.98. The van der Waals surface area contributed by atoms with E-state index in [9.17, 15) is 0 Å². The van der Waals surface area contributed by atoms with Crippen LogP contribution in [0, 0.1) is 11.8 Å². The van der Waals surface area contributed by atoms with Gasteiger partial charge in [0, 0.05) is 12.6 Å². The predicted molar refractivity (Wildman–Crippen MR) is 70.1 cm³/mol. The molecule has 2 saturated carbocycles. The van der Waals surface area contributed by atoms with Crippen molar-refractivity contribution in [2.24, 2.45) is 11.8 Å². The highest BCUT2D eigenvalue weighted by Gasteiger charge is 2.44. The average Bonchev–Trinajstić information content (AvgIpc) is 3.09. The number of hydrogen-bond donors (Lipinski definition) is 1. The highest BCUT2D eigenvalue weighted by Crippen LogP contribution is 2.46. The van der Waals surface area contributed by atoms with Gasteiger partial charge in [-0.2, -0.15) is 0 Å². The Labute approximate surface area is 105 Å². The molecule has 0 bridgehead atoms. The summed E-state index contributed by atoms with van der Waals surface area (Å²) in [5.74, 6) is 1.87. The largest absolute Gasteiger partial charge is 0.375 e. The van der Waals surface area contributed by atoms with E-state index >= 15 is 0 Å². The van der Waals surface area contributed by atoms with E-state index in [-0.39, 0.29) is 0 Å². The van der Waals surface area contributed by atoms with Crippen molar-refractivity contribution in [2.45, 2.75) is 69.9 Å². The molecule has 2 heteroatoms. The zero-order valence-electron chi connectivity index (χ0n) is 11.2. The van der Waals surface area contributed by atoms with Gasteiger partial charge in [0.15, 0.2) is 0 Å². The lowest BCUT2D eigenvalue weighted by Crippen LogP contribution is -2.46. The molecule has 2 nitrogen and oxygen atoms in total. The minimum atomic E-state index is 0.297. The van der Waals surface area contributed by atoms with Gasteiger partial charge in [0.05, 0.1) is 5.60 Å². The van der Waals surface area contributed by atoms with Gasteiger partial charge in [-0.25, -0.2) is 0 Å².